The second-order valence-corrected chi connectivity index (χ2v) is 21.0. The fourth-order valence-corrected chi connectivity index (χ4v) is 15.4. The van der Waals surface area contributed by atoms with E-state index in [-0.39, 0.29) is 0 Å². The summed E-state index contributed by atoms with van der Waals surface area (Å²) in [4.78, 5) is 5.21. The fraction of sp³-hybridized carbons (Fsp3) is 0.422. The van der Waals surface area contributed by atoms with Gasteiger partial charge in [-0.05, 0) is 70.7 Å². The Morgan fingerprint density at radius 1 is 0.529 bits per heavy atom. The lowest BCUT2D eigenvalue weighted by Gasteiger charge is -2.25. The van der Waals surface area contributed by atoms with Gasteiger partial charge in [0.25, 0.3) is 0 Å². The highest BCUT2D eigenvalue weighted by molar-refractivity contribution is 7.19. The van der Waals surface area contributed by atoms with E-state index in [2.05, 4.69) is 100 Å². The summed E-state index contributed by atoms with van der Waals surface area (Å²) in [6.45, 7) is 9.12. The van der Waals surface area contributed by atoms with Crippen molar-refractivity contribution in [2.75, 3.05) is 0 Å². The predicted octanol–water partition coefficient (Wildman–Crippen LogP) is 13.6. The fourth-order valence-electron chi connectivity index (χ4n) is 8.41. The van der Waals surface area contributed by atoms with Crippen LogP contribution in [0.1, 0.15) is 114 Å². The molecular weight excluding hydrogens is 693 g/mol. The predicted molar refractivity (Wildman–Crippen MR) is 231 cm³/mol. The maximum Gasteiger partial charge on any atom is 0.114 e. The Hall–Kier alpha value is -2.90. The number of hydrogen-bond acceptors (Lipinski definition) is 5. The molecule has 7 rings (SSSR count). The second kappa shape index (κ2) is 17.3. The molecule has 0 radical (unpaired) electrons. The molecule has 0 bridgehead atoms. The summed E-state index contributed by atoms with van der Waals surface area (Å²) in [5.41, 5.74) is 11.1. The van der Waals surface area contributed by atoms with Gasteiger partial charge in [-0.2, -0.15) is 8.75 Å². The number of fused-ring (bicyclic) bond motifs is 4. The number of unbranched alkanes of at least 4 members (excludes halogenated alkanes) is 10. The van der Waals surface area contributed by atoms with Crippen molar-refractivity contribution >= 4 is 64.6 Å². The van der Waals surface area contributed by atoms with Crippen molar-refractivity contribution in [1.29, 1.82) is 0 Å². The van der Waals surface area contributed by atoms with Gasteiger partial charge in [0, 0.05) is 30.6 Å². The zero-order chi connectivity index (χ0) is 35.2. The van der Waals surface area contributed by atoms with E-state index in [1.165, 1.54) is 155 Å². The number of nitrogens with zero attached hydrogens (tertiary/aromatic N) is 2. The third kappa shape index (κ3) is 8.20. The van der Waals surface area contributed by atoms with Crippen LogP contribution in [-0.2, 0) is 0 Å². The van der Waals surface area contributed by atoms with Gasteiger partial charge in [-0.1, -0.05) is 158 Å². The van der Waals surface area contributed by atoms with E-state index < -0.39 is 8.80 Å². The monoisotopic (exact) mass is 746 g/mol. The first kappa shape index (κ1) is 36.5. The van der Waals surface area contributed by atoms with E-state index in [9.17, 15) is 0 Å². The molecule has 0 spiro atoms. The van der Waals surface area contributed by atoms with E-state index in [1.807, 2.05) is 22.7 Å². The van der Waals surface area contributed by atoms with Crippen molar-refractivity contribution in [3.63, 3.8) is 0 Å². The molecular formula is C45H54N2S3Si. The molecule has 266 valence electrons. The molecule has 3 aromatic heterocycles. The minimum absolute atomic E-state index is 0.828. The Kier molecular flexibility index (Phi) is 12.4. The van der Waals surface area contributed by atoms with Crippen LogP contribution in [0.5, 0.6) is 0 Å². The zero-order valence-corrected chi connectivity index (χ0v) is 34.7. The number of rotatable bonds is 18. The van der Waals surface area contributed by atoms with Gasteiger partial charge in [0.05, 0.1) is 11.7 Å². The molecule has 1 atom stereocenters. The van der Waals surface area contributed by atoms with Crippen molar-refractivity contribution in [2.24, 2.45) is 0 Å². The van der Waals surface area contributed by atoms with Crippen LogP contribution in [0.25, 0.3) is 53.5 Å². The maximum absolute atomic E-state index is 4.81. The summed E-state index contributed by atoms with van der Waals surface area (Å²) in [7, 11) is -1.42. The van der Waals surface area contributed by atoms with E-state index in [4.69, 9.17) is 8.75 Å². The lowest BCUT2D eigenvalue weighted by molar-refractivity contribution is 0.531. The van der Waals surface area contributed by atoms with Crippen LogP contribution >= 0.6 is 34.4 Å². The molecule has 4 heterocycles. The molecule has 2 nitrogen and oxygen atoms in total. The topological polar surface area (TPSA) is 25.8 Å². The molecule has 0 aliphatic carbocycles. The first-order valence-corrected chi connectivity index (χ1v) is 23.9. The SMILES string of the molecule is CCCCCCCCC(CCCCCCCC)[SiH]1c2cc(C)ccc2-c2ccc(-c3ccc(-c4ccc(-c5ccc(C)s5)c5nsnc45)s3)cc21. The van der Waals surface area contributed by atoms with E-state index in [0.29, 0.717) is 0 Å². The molecule has 6 aromatic rings. The third-order valence-electron chi connectivity index (χ3n) is 11.1. The first-order valence-electron chi connectivity index (χ1n) is 19.7. The molecule has 0 fully saturated rings. The third-order valence-corrected chi connectivity index (χ3v) is 17.8. The van der Waals surface area contributed by atoms with Crippen LogP contribution in [0.15, 0.2) is 72.8 Å². The summed E-state index contributed by atoms with van der Waals surface area (Å²) >= 11 is 5.06. The molecule has 3 aromatic carbocycles. The summed E-state index contributed by atoms with van der Waals surface area (Å²) < 4.78 is 9.59. The summed E-state index contributed by atoms with van der Waals surface area (Å²) in [6, 6.07) is 28.5. The average molecular weight is 747 g/mol. The van der Waals surface area contributed by atoms with Crippen LogP contribution in [0.4, 0.5) is 0 Å². The average Bonchev–Trinajstić information content (AvgIpc) is 3.96. The van der Waals surface area contributed by atoms with Crippen molar-refractivity contribution < 1.29 is 0 Å². The number of aryl methyl sites for hydroxylation is 2. The van der Waals surface area contributed by atoms with Gasteiger partial charge in [-0.15, -0.1) is 22.7 Å². The van der Waals surface area contributed by atoms with Crippen molar-refractivity contribution in [3.05, 3.63) is 83.2 Å². The van der Waals surface area contributed by atoms with Crippen molar-refractivity contribution in [1.82, 2.24) is 8.75 Å². The summed E-state index contributed by atoms with van der Waals surface area (Å²) in [6.07, 6.45) is 19.4. The van der Waals surface area contributed by atoms with Crippen molar-refractivity contribution in [2.45, 2.75) is 123 Å². The van der Waals surface area contributed by atoms with Crippen molar-refractivity contribution in [3.8, 4) is 42.4 Å². The Bertz CT molecular complexity index is 2040. The Balaban J connectivity index is 1.18. The lowest BCUT2D eigenvalue weighted by Crippen LogP contribution is -2.42. The van der Waals surface area contributed by atoms with E-state index in [0.717, 1.165) is 16.6 Å². The molecule has 0 amide bonds. The Morgan fingerprint density at radius 2 is 1.06 bits per heavy atom. The second-order valence-electron chi connectivity index (χ2n) is 14.9. The zero-order valence-electron chi connectivity index (χ0n) is 31.1. The Morgan fingerprint density at radius 3 is 1.69 bits per heavy atom. The molecule has 1 aliphatic rings. The normalized spacial score (nSPS) is 13.8. The number of benzene rings is 3. The van der Waals surface area contributed by atoms with Crippen LogP contribution < -0.4 is 10.4 Å². The van der Waals surface area contributed by atoms with Gasteiger partial charge in [0.1, 0.15) is 19.8 Å². The van der Waals surface area contributed by atoms with Crippen LogP contribution in [0.2, 0.25) is 5.54 Å². The quantitative estimate of drug-likeness (QED) is 0.0646. The van der Waals surface area contributed by atoms with Gasteiger partial charge < -0.3 is 0 Å². The number of aromatic nitrogens is 2. The molecule has 0 saturated heterocycles. The highest BCUT2D eigenvalue weighted by atomic mass is 32.1. The number of thiophene rings is 2. The standard InChI is InChI=1S/C45H54N2S3Si/c1-5-7-9-11-13-15-17-34(18-16-14-12-10-8-6-2)51-42-29-31(3)19-22-35(42)36-23-21-33(30-43(36)51)39-27-28-41(49-39)38-25-24-37(40-26-20-32(4)48-40)44-45(38)47-50-46-44/h19-30,34,51H,5-18H2,1-4H3. The minimum atomic E-state index is -1.42. The van der Waals surface area contributed by atoms with E-state index >= 15 is 0 Å². The van der Waals surface area contributed by atoms with Gasteiger partial charge in [0.2, 0.25) is 0 Å². The Labute approximate surface area is 320 Å². The maximum atomic E-state index is 4.81. The van der Waals surface area contributed by atoms with Gasteiger partial charge in [-0.25, -0.2) is 0 Å². The van der Waals surface area contributed by atoms with Crippen LogP contribution in [0.3, 0.4) is 0 Å². The van der Waals surface area contributed by atoms with E-state index in [1.54, 1.807) is 10.4 Å². The summed E-state index contributed by atoms with van der Waals surface area (Å²) in [5.74, 6) is 0. The molecule has 51 heavy (non-hydrogen) atoms. The molecule has 0 saturated carbocycles. The molecule has 1 aliphatic heterocycles. The summed E-state index contributed by atoms with van der Waals surface area (Å²) in [5, 5.41) is 3.42. The number of hydrogen-bond donors (Lipinski definition) is 0. The first-order chi connectivity index (χ1) is 25.1. The van der Waals surface area contributed by atoms with Gasteiger partial charge in [0.15, 0.2) is 0 Å². The minimum Gasteiger partial charge on any atom is -0.172 e. The highest BCUT2D eigenvalue weighted by Crippen LogP contribution is 2.42. The highest BCUT2D eigenvalue weighted by Gasteiger charge is 2.36. The van der Waals surface area contributed by atoms with Crippen LogP contribution in [-0.4, -0.2) is 17.5 Å². The van der Waals surface area contributed by atoms with Gasteiger partial charge in [-0.3, -0.25) is 0 Å². The smallest absolute Gasteiger partial charge is 0.114 e. The van der Waals surface area contributed by atoms with Crippen LogP contribution in [0, 0.1) is 13.8 Å². The van der Waals surface area contributed by atoms with Gasteiger partial charge >= 0.3 is 0 Å². The molecule has 1 unspecified atom stereocenters. The molecule has 6 heteroatoms. The molecule has 0 N–H and O–H groups in total. The lowest BCUT2D eigenvalue weighted by atomic mass is 10.0. The largest absolute Gasteiger partial charge is 0.172 e.